The molecule has 0 saturated heterocycles. The molecule has 0 atom stereocenters. The first-order valence-corrected chi connectivity index (χ1v) is 8.21. The Morgan fingerprint density at radius 1 is 1.20 bits per heavy atom. The van der Waals surface area contributed by atoms with Crippen LogP contribution in [-0.4, -0.2) is 18.5 Å². The smallest absolute Gasteiger partial charge is 0.140 e. The van der Waals surface area contributed by atoms with Crippen molar-refractivity contribution < 1.29 is 4.79 Å². The highest BCUT2D eigenvalue weighted by molar-refractivity contribution is 7.08. The number of carbonyl (C=O) groups is 1. The van der Waals surface area contributed by atoms with Gasteiger partial charge in [0.05, 0.1) is 0 Å². The molecular weight excluding hydrogens is 202 g/mol. The molecule has 0 unspecified atom stereocenters. The molecule has 0 fully saturated rings. The highest BCUT2D eigenvalue weighted by Crippen LogP contribution is 2.37. The lowest BCUT2D eigenvalue weighted by Gasteiger charge is -2.35. The Hall–Kier alpha value is -0.963. The van der Waals surface area contributed by atoms with Gasteiger partial charge in [0.1, 0.15) is 13.5 Å². The minimum atomic E-state index is -1.92. The summed E-state index contributed by atoms with van der Waals surface area (Å²) in [4.78, 5) is 16.3. The SMILES string of the molecule is CC(C)(C)[Si](C)(C)C(=O)c1ccncc1. The number of hydrogen-bond acceptors (Lipinski definition) is 2. The van der Waals surface area contributed by atoms with Gasteiger partial charge >= 0.3 is 0 Å². The van der Waals surface area contributed by atoms with Crippen LogP contribution in [0.25, 0.3) is 0 Å². The molecule has 0 aliphatic rings. The molecule has 15 heavy (non-hydrogen) atoms. The molecular formula is C12H19NOSi. The van der Waals surface area contributed by atoms with Gasteiger partial charge in [0.2, 0.25) is 0 Å². The minimum absolute atomic E-state index is 0.0906. The van der Waals surface area contributed by atoms with Crippen molar-refractivity contribution >= 4 is 13.5 Å². The molecule has 0 aromatic carbocycles. The van der Waals surface area contributed by atoms with Gasteiger partial charge in [-0.1, -0.05) is 33.9 Å². The molecule has 0 bridgehead atoms. The summed E-state index contributed by atoms with van der Waals surface area (Å²) in [6.07, 6.45) is 3.36. The van der Waals surface area contributed by atoms with Crippen LogP contribution < -0.4 is 0 Å². The first kappa shape index (κ1) is 12.1. The van der Waals surface area contributed by atoms with Crippen LogP contribution in [0.5, 0.6) is 0 Å². The average molecular weight is 221 g/mol. The van der Waals surface area contributed by atoms with Crippen LogP contribution in [0.2, 0.25) is 18.1 Å². The minimum Gasteiger partial charge on any atom is -0.300 e. The van der Waals surface area contributed by atoms with Crippen molar-refractivity contribution in [3.8, 4) is 0 Å². The lowest BCUT2D eigenvalue weighted by molar-refractivity contribution is 0.106. The number of rotatable bonds is 2. The van der Waals surface area contributed by atoms with Gasteiger partial charge in [-0.25, -0.2) is 0 Å². The molecule has 0 aliphatic heterocycles. The van der Waals surface area contributed by atoms with Crippen molar-refractivity contribution in [3.05, 3.63) is 30.1 Å². The van der Waals surface area contributed by atoms with Crippen LogP contribution in [0.3, 0.4) is 0 Å². The van der Waals surface area contributed by atoms with Crippen LogP contribution in [-0.2, 0) is 0 Å². The molecule has 0 aliphatic carbocycles. The van der Waals surface area contributed by atoms with Crippen LogP contribution >= 0.6 is 0 Å². The molecule has 0 spiro atoms. The van der Waals surface area contributed by atoms with Gasteiger partial charge in [-0.15, -0.1) is 0 Å². The number of carbonyl (C=O) groups excluding carboxylic acids is 1. The van der Waals surface area contributed by atoms with Gasteiger partial charge in [-0.05, 0) is 17.2 Å². The van der Waals surface area contributed by atoms with Gasteiger partial charge < -0.3 is 4.79 Å². The monoisotopic (exact) mass is 221 g/mol. The summed E-state index contributed by atoms with van der Waals surface area (Å²) in [5.41, 5.74) is 0.802. The summed E-state index contributed by atoms with van der Waals surface area (Å²) in [5.74, 6) is 0. The predicted molar refractivity (Wildman–Crippen MR) is 65.8 cm³/mol. The molecule has 1 aromatic rings. The first-order chi connectivity index (χ1) is 6.77. The van der Waals surface area contributed by atoms with Crippen molar-refractivity contribution in [2.24, 2.45) is 0 Å². The second-order valence-corrected chi connectivity index (χ2v) is 10.6. The summed E-state index contributed by atoms with van der Waals surface area (Å²) >= 11 is 0. The fourth-order valence-corrected chi connectivity index (χ4v) is 2.77. The summed E-state index contributed by atoms with van der Waals surface area (Å²) in [7, 11) is -1.92. The molecule has 0 amide bonds. The first-order valence-electron chi connectivity index (χ1n) is 5.21. The number of hydrogen-bond donors (Lipinski definition) is 0. The standard InChI is InChI=1S/C12H19NOSi/c1-12(2,3)15(4,5)11(14)10-6-8-13-9-7-10/h6-9H,1-5H3. The summed E-state index contributed by atoms with van der Waals surface area (Å²) in [6, 6.07) is 3.62. The Morgan fingerprint density at radius 2 is 1.67 bits per heavy atom. The highest BCUT2D eigenvalue weighted by Gasteiger charge is 2.42. The van der Waals surface area contributed by atoms with E-state index < -0.39 is 8.07 Å². The van der Waals surface area contributed by atoms with E-state index in [-0.39, 0.29) is 5.04 Å². The zero-order valence-corrected chi connectivity index (χ0v) is 11.2. The number of aromatic nitrogens is 1. The molecule has 1 rings (SSSR count). The van der Waals surface area contributed by atoms with Crippen LogP contribution in [0.4, 0.5) is 0 Å². The summed E-state index contributed by atoms with van der Waals surface area (Å²) < 4.78 is 0. The maximum absolute atomic E-state index is 12.3. The van der Waals surface area contributed by atoms with Crippen molar-refractivity contribution in [3.63, 3.8) is 0 Å². The third kappa shape index (κ3) is 2.34. The zero-order chi connectivity index (χ0) is 11.7. The van der Waals surface area contributed by atoms with E-state index in [1.165, 1.54) is 0 Å². The van der Waals surface area contributed by atoms with Crippen molar-refractivity contribution in [1.29, 1.82) is 0 Å². The maximum Gasteiger partial charge on any atom is 0.140 e. The van der Waals surface area contributed by atoms with Gasteiger partial charge in [-0.3, -0.25) is 4.98 Å². The van der Waals surface area contributed by atoms with E-state index in [9.17, 15) is 4.79 Å². The molecule has 1 heterocycles. The molecule has 0 saturated carbocycles. The maximum atomic E-state index is 12.3. The Kier molecular flexibility index (Phi) is 3.14. The van der Waals surface area contributed by atoms with E-state index >= 15 is 0 Å². The second kappa shape index (κ2) is 3.89. The third-order valence-electron chi connectivity index (χ3n) is 3.39. The van der Waals surface area contributed by atoms with Gasteiger partial charge in [-0.2, -0.15) is 0 Å². The van der Waals surface area contributed by atoms with Gasteiger partial charge in [0.25, 0.3) is 0 Å². The Balaban J connectivity index is 3.06. The quantitative estimate of drug-likeness (QED) is 0.717. The number of pyridine rings is 1. The van der Waals surface area contributed by atoms with Crippen LogP contribution in [0, 0.1) is 0 Å². The van der Waals surface area contributed by atoms with E-state index in [1.54, 1.807) is 12.4 Å². The van der Waals surface area contributed by atoms with Gasteiger partial charge in [0.15, 0.2) is 0 Å². The lowest BCUT2D eigenvalue weighted by atomic mass is 10.2. The zero-order valence-electron chi connectivity index (χ0n) is 10.2. The lowest BCUT2D eigenvalue weighted by Crippen LogP contribution is -2.46. The van der Waals surface area contributed by atoms with E-state index in [0.717, 1.165) is 5.56 Å². The second-order valence-electron chi connectivity index (χ2n) is 5.44. The van der Waals surface area contributed by atoms with E-state index in [4.69, 9.17) is 0 Å². The Labute approximate surface area is 92.7 Å². The molecule has 0 N–H and O–H groups in total. The predicted octanol–water partition coefficient (Wildman–Crippen LogP) is 3.31. The third-order valence-corrected chi connectivity index (χ3v) is 8.56. The molecule has 3 heteroatoms. The fraction of sp³-hybridized carbons (Fsp3) is 0.500. The van der Waals surface area contributed by atoms with E-state index in [0.29, 0.717) is 5.41 Å². The molecule has 2 nitrogen and oxygen atoms in total. The molecule has 0 radical (unpaired) electrons. The normalized spacial score (nSPS) is 12.6. The van der Waals surface area contributed by atoms with Crippen molar-refractivity contribution in [1.82, 2.24) is 4.98 Å². The van der Waals surface area contributed by atoms with E-state index in [1.807, 2.05) is 12.1 Å². The van der Waals surface area contributed by atoms with Crippen molar-refractivity contribution in [2.45, 2.75) is 38.9 Å². The fourth-order valence-electron chi connectivity index (χ4n) is 1.20. The van der Waals surface area contributed by atoms with Crippen LogP contribution in [0.1, 0.15) is 31.1 Å². The largest absolute Gasteiger partial charge is 0.300 e. The van der Waals surface area contributed by atoms with Gasteiger partial charge in [0, 0.05) is 18.0 Å². The molecule has 1 aromatic heterocycles. The highest BCUT2D eigenvalue weighted by atomic mass is 28.3. The summed E-state index contributed by atoms with van der Waals surface area (Å²) in [6.45, 7) is 10.7. The van der Waals surface area contributed by atoms with Crippen molar-refractivity contribution in [2.75, 3.05) is 0 Å². The molecule has 82 valence electrons. The number of nitrogens with zero attached hydrogens (tertiary/aromatic N) is 1. The topological polar surface area (TPSA) is 30.0 Å². The average Bonchev–Trinajstić information content (AvgIpc) is 2.16. The summed E-state index contributed by atoms with van der Waals surface area (Å²) in [5, 5.41) is 0.408. The Morgan fingerprint density at radius 3 is 2.07 bits per heavy atom. The Bertz CT molecular complexity index is 352. The van der Waals surface area contributed by atoms with Crippen LogP contribution in [0.15, 0.2) is 24.5 Å². The van der Waals surface area contributed by atoms with E-state index in [2.05, 4.69) is 38.8 Å².